The van der Waals surface area contributed by atoms with E-state index in [9.17, 15) is 0 Å². The molecule has 2 aromatic rings. The van der Waals surface area contributed by atoms with Gasteiger partial charge in [0.15, 0.2) is 0 Å². The van der Waals surface area contributed by atoms with E-state index in [1.807, 2.05) is 0 Å². The topological polar surface area (TPSA) is 0 Å². The Hall–Kier alpha value is -1.56. The molecule has 0 heterocycles. The highest BCUT2D eigenvalue weighted by Crippen LogP contribution is 2.42. The predicted octanol–water partition coefficient (Wildman–Crippen LogP) is 10.8. The quantitative estimate of drug-likeness (QED) is 0.166. The maximum Gasteiger partial charge on any atom is -0.00106 e. The third kappa shape index (κ3) is 7.73. The molecule has 0 heteroatoms. The lowest BCUT2D eigenvalue weighted by Gasteiger charge is -2.20. The van der Waals surface area contributed by atoms with Gasteiger partial charge in [-0.05, 0) is 83.9 Å². The normalized spacial score (nSPS) is 12.2. The zero-order chi connectivity index (χ0) is 24.0. The fraction of sp³-hybridized carbons (Fsp3) is 0.647. The van der Waals surface area contributed by atoms with Gasteiger partial charge in [-0.3, -0.25) is 0 Å². The molecule has 34 heavy (non-hydrogen) atoms. The van der Waals surface area contributed by atoms with Crippen molar-refractivity contribution in [3.8, 4) is 11.1 Å². The molecule has 188 valence electrons. The molecule has 0 N–H and O–H groups in total. The molecule has 2 aromatic carbocycles. The Morgan fingerprint density at radius 1 is 0.529 bits per heavy atom. The van der Waals surface area contributed by atoms with E-state index in [1.54, 1.807) is 33.4 Å². The molecule has 0 aliphatic heterocycles. The van der Waals surface area contributed by atoms with Crippen LogP contribution in [-0.4, -0.2) is 0 Å². The van der Waals surface area contributed by atoms with Gasteiger partial charge in [0, 0.05) is 0 Å². The average molecular weight is 461 g/mol. The summed E-state index contributed by atoms with van der Waals surface area (Å²) in [6.07, 6.45) is 25.7. The number of aryl methyl sites for hydroxylation is 1. The fourth-order valence-corrected chi connectivity index (χ4v) is 6.02. The second-order valence-electron chi connectivity index (χ2n) is 10.8. The predicted molar refractivity (Wildman–Crippen MR) is 152 cm³/mol. The van der Waals surface area contributed by atoms with E-state index in [-0.39, 0.29) is 0 Å². The zero-order valence-corrected chi connectivity index (χ0v) is 22.8. The van der Waals surface area contributed by atoms with E-state index in [2.05, 4.69) is 51.1 Å². The molecule has 0 saturated carbocycles. The first kappa shape index (κ1) is 27.0. The Balaban J connectivity index is 1.86. The second kappa shape index (κ2) is 15.4. The Morgan fingerprint density at radius 2 is 1.06 bits per heavy atom. The molecule has 0 atom stereocenters. The van der Waals surface area contributed by atoms with Crippen molar-refractivity contribution in [1.29, 1.82) is 0 Å². The van der Waals surface area contributed by atoms with Crippen molar-refractivity contribution in [3.05, 3.63) is 58.1 Å². The smallest absolute Gasteiger partial charge is 0.00106 e. The van der Waals surface area contributed by atoms with Crippen LogP contribution in [-0.2, 0) is 25.7 Å². The van der Waals surface area contributed by atoms with Crippen LogP contribution in [0.25, 0.3) is 11.1 Å². The third-order valence-corrected chi connectivity index (χ3v) is 8.04. The van der Waals surface area contributed by atoms with E-state index in [0.717, 1.165) is 6.42 Å². The Labute approximate surface area is 212 Å². The summed E-state index contributed by atoms with van der Waals surface area (Å²) in [7, 11) is 0. The summed E-state index contributed by atoms with van der Waals surface area (Å²) in [5, 5.41) is 0. The van der Waals surface area contributed by atoms with E-state index >= 15 is 0 Å². The van der Waals surface area contributed by atoms with Crippen LogP contribution >= 0.6 is 0 Å². The number of rotatable bonds is 18. The van der Waals surface area contributed by atoms with E-state index < -0.39 is 0 Å². The lowest BCUT2D eigenvalue weighted by atomic mass is 9.84. The first-order chi connectivity index (χ1) is 16.8. The molecule has 0 unspecified atom stereocenters. The van der Waals surface area contributed by atoms with Crippen molar-refractivity contribution >= 4 is 0 Å². The van der Waals surface area contributed by atoms with Gasteiger partial charge in [0.05, 0.1) is 0 Å². The van der Waals surface area contributed by atoms with Crippen molar-refractivity contribution in [2.45, 2.75) is 143 Å². The van der Waals surface area contributed by atoms with Crippen LogP contribution in [0.15, 0.2) is 30.3 Å². The van der Waals surface area contributed by atoms with E-state index in [4.69, 9.17) is 0 Å². The number of benzene rings is 2. The van der Waals surface area contributed by atoms with Gasteiger partial charge in [0.2, 0.25) is 0 Å². The molecule has 0 bridgehead atoms. The molecule has 0 saturated heterocycles. The van der Waals surface area contributed by atoms with Crippen molar-refractivity contribution in [2.24, 2.45) is 0 Å². The number of unbranched alkanes of at least 4 members (excludes halogenated alkanes) is 12. The maximum atomic E-state index is 2.64. The van der Waals surface area contributed by atoms with Gasteiger partial charge in [0.25, 0.3) is 0 Å². The maximum absolute atomic E-state index is 2.64. The average Bonchev–Trinajstić information content (AvgIpc) is 3.22. The minimum Gasteiger partial charge on any atom is -0.0654 e. The van der Waals surface area contributed by atoms with Crippen molar-refractivity contribution < 1.29 is 0 Å². The van der Waals surface area contributed by atoms with Gasteiger partial charge in [-0.15, -0.1) is 0 Å². The molecule has 1 aliphatic carbocycles. The third-order valence-electron chi connectivity index (χ3n) is 8.04. The molecule has 1 aliphatic rings. The fourth-order valence-electron chi connectivity index (χ4n) is 6.02. The Morgan fingerprint density at radius 3 is 1.68 bits per heavy atom. The molecular formula is C34H52. The molecule has 0 amide bonds. The van der Waals surface area contributed by atoms with Gasteiger partial charge in [0.1, 0.15) is 0 Å². The van der Waals surface area contributed by atoms with Crippen LogP contribution < -0.4 is 0 Å². The minimum atomic E-state index is 1.16. The molecule has 3 rings (SSSR count). The summed E-state index contributed by atoms with van der Waals surface area (Å²) in [5.41, 5.74) is 11.6. The molecule has 0 fully saturated rings. The lowest BCUT2D eigenvalue weighted by molar-refractivity contribution is 0.612. The first-order valence-electron chi connectivity index (χ1n) is 15.0. The zero-order valence-electron chi connectivity index (χ0n) is 22.8. The second-order valence-corrected chi connectivity index (χ2v) is 10.8. The highest BCUT2D eigenvalue weighted by atomic mass is 14.3. The van der Waals surface area contributed by atoms with Crippen LogP contribution in [0.1, 0.15) is 145 Å². The molecule has 0 aromatic heterocycles. The van der Waals surface area contributed by atoms with E-state index in [0.29, 0.717) is 0 Å². The Bertz CT molecular complexity index is 843. The summed E-state index contributed by atoms with van der Waals surface area (Å²) in [5.74, 6) is 0. The summed E-state index contributed by atoms with van der Waals surface area (Å²) in [4.78, 5) is 0. The number of fused-ring (bicyclic) bond motifs is 3. The van der Waals surface area contributed by atoms with Gasteiger partial charge < -0.3 is 0 Å². The molecular weight excluding hydrogens is 408 g/mol. The SMILES string of the molecule is CCCCCCCc1cc2c(c(CCCCCCC)c1CCCCCCC)Cc1ccccc1-2. The van der Waals surface area contributed by atoms with Crippen molar-refractivity contribution in [2.75, 3.05) is 0 Å². The number of hydrogen-bond acceptors (Lipinski definition) is 0. The summed E-state index contributed by atoms with van der Waals surface area (Å²) in [6.45, 7) is 6.97. The van der Waals surface area contributed by atoms with Crippen molar-refractivity contribution in [3.63, 3.8) is 0 Å². The van der Waals surface area contributed by atoms with Gasteiger partial charge in [-0.25, -0.2) is 0 Å². The Kier molecular flexibility index (Phi) is 12.3. The highest BCUT2D eigenvalue weighted by Gasteiger charge is 2.24. The summed E-state index contributed by atoms with van der Waals surface area (Å²) in [6, 6.07) is 11.9. The molecule has 0 radical (unpaired) electrons. The standard InChI is InChI=1S/C34H52/c1-4-7-10-13-16-21-28-26-33-31-24-20-19-22-29(31)27-34(33)32(25-18-15-12-9-6-3)30(28)23-17-14-11-8-5-2/h19-20,22,24,26H,4-18,21,23,25,27H2,1-3H3. The van der Waals surface area contributed by atoms with Crippen LogP contribution in [0.2, 0.25) is 0 Å². The molecule has 0 spiro atoms. The monoisotopic (exact) mass is 460 g/mol. The van der Waals surface area contributed by atoms with Crippen molar-refractivity contribution in [1.82, 2.24) is 0 Å². The lowest BCUT2D eigenvalue weighted by Crippen LogP contribution is -2.06. The van der Waals surface area contributed by atoms with Crippen LogP contribution in [0.4, 0.5) is 0 Å². The number of hydrogen-bond donors (Lipinski definition) is 0. The van der Waals surface area contributed by atoms with Gasteiger partial charge in [-0.2, -0.15) is 0 Å². The highest BCUT2D eigenvalue weighted by molar-refractivity contribution is 5.79. The molecule has 0 nitrogen and oxygen atoms in total. The van der Waals surface area contributed by atoms with Gasteiger partial charge in [-0.1, -0.05) is 128 Å². The summed E-state index contributed by atoms with van der Waals surface area (Å²) < 4.78 is 0. The van der Waals surface area contributed by atoms with Crippen LogP contribution in [0.3, 0.4) is 0 Å². The largest absolute Gasteiger partial charge is 0.0654 e. The van der Waals surface area contributed by atoms with Gasteiger partial charge >= 0.3 is 0 Å². The first-order valence-corrected chi connectivity index (χ1v) is 15.0. The minimum absolute atomic E-state index is 1.16. The van der Waals surface area contributed by atoms with Crippen LogP contribution in [0, 0.1) is 0 Å². The van der Waals surface area contributed by atoms with Crippen LogP contribution in [0.5, 0.6) is 0 Å². The summed E-state index contributed by atoms with van der Waals surface area (Å²) >= 11 is 0. The van der Waals surface area contributed by atoms with E-state index in [1.165, 1.54) is 121 Å².